The minimum Gasteiger partial charge on any atom is -0.296 e. The summed E-state index contributed by atoms with van der Waals surface area (Å²) in [6.07, 6.45) is 2.52. The van der Waals surface area contributed by atoms with E-state index in [1.54, 1.807) is 10.9 Å². The molecule has 0 aliphatic heterocycles. The first kappa shape index (κ1) is 17.6. The number of benzene rings is 2. The SMILES string of the molecule is CCC(C)n1cnc2c(cc(-c3ccccc3)n2-c2ccc(Cl)cc2)c1=O. The lowest BCUT2D eigenvalue weighted by molar-refractivity contribution is 0.510. The molecule has 0 amide bonds. The molecule has 27 heavy (non-hydrogen) atoms. The Kier molecular flexibility index (Phi) is 4.58. The number of halogens is 1. The van der Waals surface area contributed by atoms with Crippen LogP contribution in [-0.2, 0) is 0 Å². The minimum absolute atomic E-state index is 0.0146. The molecule has 4 nitrogen and oxygen atoms in total. The Balaban J connectivity index is 2.05. The molecule has 0 fully saturated rings. The molecule has 0 spiro atoms. The van der Waals surface area contributed by atoms with Crippen LogP contribution in [0.25, 0.3) is 28.0 Å². The molecule has 2 aromatic heterocycles. The fourth-order valence-electron chi connectivity index (χ4n) is 3.28. The summed E-state index contributed by atoms with van der Waals surface area (Å²) in [4.78, 5) is 17.7. The third-order valence-electron chi connectivity index (χ3n) is 4.96. The fraction of sp³-hybridized carbons (Fsp3) is 0.182. The van der Waals surface area contributed by atoms with Gasteiger partial charge in [0.15, 0.2) is 5.65 Å². The summed E-state index contributed by atoms with van der Waals surface area (Å²) in [5.41, 5.74) is 3.51. The van der Waals surface area contributed by atoms with Crippen molar-refractivity contribution in [3.8, 4) is 16.9 Å². The van der Waals surface area contributed by atoms with Gasteiger partial charge in [-0.05, 0) is 49.2 Å². The van der Waals surface area contributed by atoms with Gasteiger partial charge in [0.1, 0.15) is 6.33 Å². The predicted octanol–water partition coefficient (Wildman–Crippen LogP) is 5.48. The molecule has 0 radical (unpaired) electrons. The first-order valence-electron chi connectivity index (χ1n) is 9.04. The Morgan fingerprint density at radius 2 is 1.78 bits per heavy atom. The van der Waals surface area contributed by atoms with Crippen LogP contribution in [-0.4, -0.2) is 14.1 Å². The third kappa shape index (κ3) is 3.06. The molecule has 2 aromatic carbocycles. The molecule has 136 valence electrons. The molecule has 1 unspecified atom stereocenters. The van der Waals surface area contributed by atoms with E-state index in [1.807, 2.05) is 72.2 Å². The van der Waals surface area contributed by atoms with Crippen LogP contribution >= 0.6 is 11.6 Å². The summed E-state index contributed by atoms with van der Waals surface area (Å²) < 4.78 is 3.73. The van der Waals surface area contributed by atoms with Crippen LogP contribution in [0.4, 0.5) is 0 Å². The topological polar surface area (TPSA) is 39.8 Å². The monoisotopic (exact) mass is 377 g/mol. The van der Waals surface area contributed by atoms with Crippen molar-refractivity contribution in [2.24, 2.45) is 0 Å². The summed E-state index contributed by atoms with van der Waals surface area (Å²) in [7, 11) is 0. The zero-order chi connectivity index (χ0) is 19.0. The van der Waals surface area contributed by atoms with Gasteiger partial charge in [-0.3, -0.25) is 13.9 Å². The Morgan fingerprint density at radius 3 is 2.44 bits per heavy atom. The van der Waals surface area contributed by atoms with Crippen molar-refractivity contribution in [3.05, 3.63) is 82.4 Å². The smallest absolute Gasteiger partial charge is 0.263 e. The molecule has 1 atom stereocenters. The van der Waals surface area contributed by atoms with E-state index in [9.17, 15) is 4.79 Å². The lowest BCUT2D eigenvalue weighted by atomic mass is 10.1. The maximum absolute atomic E-state index is 13.1. The number of hydrogen-bond acceptors (Lipinski definition) is 2. The summed E-state index contributed by atoms with van der Waals surface area (Å²) in [6.45, 7) is 4.10. The Labute approximate surface area is 162 Å². The predicted molar refractivity (Wildman–Crippen MR) is 111 cm³/mol. The van der Waals surface area contributed by atoms with Crippen LogP contribution < -0.4 is 5.56 Å². The standard InChI is InChI=1S/C22H20ClN3O/c1-3-15(2)25-14-24-21-19(22(25)27)13-20(16-7-5-4-6-8-16)26(21)18-11-9-17(23)10-12-18/h4-15H,3H2,1-2H3. The highest BCUT2D eigenvalue weighted by atomic mass is 35.5. The molecule has 2 heterocycles. The normalized spacial score (nSPS) is 12.4. The van der Waals surface area contributed by atoms with Crippen LogP contribution in [0.5, 0.6) is 0 Å². The van der Waals surface area contributed by atoms with Gasteiger partial charge in [-0.2, -0.15) is 0 Å². The second kappa shape index (κ2) is 7.05. The van der Waals surface area contributed by atoms with E-state index in [0.29, 0.717) is 16.1 Å². The van der Waals surface area contributed by atoms with Gasteiger partial charge < -0.3 is 0 Å². The first-order valence-corrected chi connectivity index (χ1v) is 9.42. The fourth-order valence-corrected chi connectivity index (χ4v) is 3.40. The Morgan fingerprint density at radius 1 is 1.07 bits per heavy atom. The van der Waals surface area contributed by atoms with E-state index >= 15 is 0 Å². The zero-order valence-corrected chi connectivity index (χ0v) is 16.0. The average Bonchev–Trinajstić information content (AvgIpc) is 3.09. The second-order valence-electron chi connectivity index (χ2n) is 6.66. The first-order chi connectivity index (χ1) is 13.1. The quantitative estimate of drug-likeness (QED) is 0.472. The van der Waals surface area contributed by atoms with Crippen molar-refractivity contribution in [2.45, 2.75) is 26.3 Å². The number of hydrogen-bond donors (Lipinski definition) is 0. The van der Waals surface area contributed by atoms with Crippen LogP contribution in [0, 0.1) is 0 Å². The molecule has 5 heteroatoms. The van der Waals surface area contributed by atoms with E-state index in [1.165, 1.54) is 0 Å². The van der Waals surface area contributed by atoms with Gasteiger partial charge in [-0.25, -0.2) is 4.98 Å². The van der Waals surface area contributed by atoms with E-state index in [2.05, 4.69) is 11.9 Å². The largest absolute Gasteiger partial charge is 0.296 e. The summed E-state index contributed by atoms with van der Waals surface area (Å²) in [5.74, 6) is 0. The van der Waals surface area contributed by atoms with Gasteiger partial charge in [0.2, 0.25) is 0 Å². The zero-order valence-electron chi connectivity index (χ0n) is 15.3. The molecular formula is C22H20ClN3O. The van der Waals surface area contributed by atoms with Crippen LogP contribution in [0.1, 0.15) is 26.3 Å². The lowest BCUT2D eigenvalue weighted by Gasteiger charge is -2.13. The van der Waals surface area contributed by atoms with E-state index in [4.69, 9.17) is 11.6 Å². The van der Waals surface area contributed by atoms with Crippen molar-refractivity contribution >= 4 is 22.6 Å². The number of aromatic nitrogens is 3. The molecule has 0 aliphatic carbocycles. The van der Waals surface area contributed by atoms with E-state index in [-0.39, 0.29) is 11.6 Å². The molecule has 0 N–H and O–H groups in total. The summed E-state index contributed by atoms with van der Waals surface area (Å²) >= 11 is 6.07. The number of nitrogens with zero attached hydrogens (tertiary/aromatic N) is 3. The number of fused-ring (bicyclic) bond motifs is 1. The average molecular weight is 378 g/mol. The third-order valence-corrected chi connectivity index (χ3v) is 5.22. The van der Waals surface area contributed by atoms with Crippen molar-refractivity contribution in [1.82, 2.24) is 14.1 Å². The maximum atomic E-state index is 13.1. The van der Waals surface area contributed by atoms with E-state index in [0.717, 1.165) is 23.4 Å². The molecule has 0 saturated heterocycles. The van der Waals surface area contributed by atoms with Crippen LogP contribution in [0.15, 0.2) is 71.8 Å². The van der Waals surface area contributed by atoms with Crippen molar-refractivity contribution in [3.63, 3.8) is 0 Å². The van der Waals surface area contributed by atoms with E-state index < -0.39 is 0 Å². The van der Waals surface area contributed by atoms with Gasteiger partial charge >= 0.3 is 0 Å². The van der Waals surface area contributed by atoms with Crippen molar-refractivity contribution < 1.29 is 0 Å². The highest BCUT2D eigenvalue weighted by Gasteiger charge is 2.18. The summed E-state index contributed by atoms with van der Waals surface area (Å²) in [6, 6.07) is 19.6. The van der Waals surface area contributed by atoms with Crippen LogP contribution in [0.2, 0.25) is 5.02 Å². The Hall–Kier alpha value is -2.85. The second-order valence-corrected chi connectivity index (χ2v) is 7.10. The molecule has 4 aromatic rings. The van der Waals surface area contributed by atoms with Gasteiger partial charge in [-0.15, -0.1) is 0 Å². The van der Waals surface area contributed by atoms with Crippen molar-refractivity contribution in [1.29, 1.82) is 0 Å². The maximum Gasteiger partial charge on any atom is 0.263 e. The highest BCUT2D eigenvalue weighted by Crippen LogP contribution is 2.30. The highest BCUT2D eigenvalue weighted by molar-refractivity contribution is 6.30. The summed E-state index contributed by atoms with van der Waals surface area (Å²) in [5, 5.41) is 1.29. The molecule has 0 bridgehead atoms. The molecule has 0 saturated carbocycles. The van der Waals surface area contributed by atoms with Gasteiger partial charge in [0.25, 0.3) is 5.56 Å². The molecule has 4 rings (SSSR count). The Bertz CT molecular complexity index is 1140. The van der Waals surface area contributed by atoms with Gasteiger partial charge in [-0.1, -0.05) is 48.9 Å². The number of rotatable bonds is 4. The molecular weight excluding hydrogens is 358 g/mol. The van der Waals surface area contributed by atoms with Gasteiger partial charge in [0.05, 0.1) is 11.1 Å². The van der Waals surface area contributed by atoms with Crippen LogP contribution in [0.3, 0.4) is 0 Å². The lowest BCUT2D eigenvalue weighted by Crippen LogP contribution is -2.23. The molecule has 0 aliphatic rings. The van der Waals surface area contributed by atoms with Gasteiger partial charge in [0, 0.05) is 16.8 Å². The minimum atomic E-state index is -0.0146. The van der Waals surface area contributed by atoms with Crippen molar-refractivity contribution in [2.75, 3.05) is 0 Å².